The summed E-state index contributed by atoms with van der Waals surface area (Å²) in [6.45, 7) is 14.1. The number of aromatic nitrogens is 2. The molecule has 0 aliphatic rings. The van der Waals surface area contributed by atoms with Crippen molar-refractivity contribution >= 4 is 17.5 Å². The van der Waals surface area contributed by atoms with Gasteiger partial charge in [-0.05, 0) is 26.9 Å². The lowest BCUT2D eigenvalue weighted by Gasteiger charge is -2.19. The Morgan fingerprint density at radius 3 is 2.48 bits per heavy atom. The summed E-state index contributed by atoms with van der Waals surface area (Å²) in [4.78, 5) is 14.4. The molecule has 5 nitrogen and oxygen atoms in total. The summed E-state index contributed by atoms with van der Waals surface area (Å²) in [6, 6.07) is 0. The van der Waals surface area contributed by atoms with Gasteiger partial charge in [-0.3, -0.25) is 9.48 Å². The average Bonchev–Trinajstić information content (AvgIpc) is 2.70. The second-order valence-corrected chi connectivity index (χ2v) is 5.76. The lowest BCUT2D eigenvalue weighted by Crippen LogP contribution is -2.38. The van der Waals surface area contributed by atoms with Crippen molar-refractivity contribution in [2.24, 2.45) is 5.92 Å². The minimum Gasteiger partial charge on any atom is -0.355 e. The molecule has 0 spiro atoms. The van der Waals surface area contributed by atoms with Crippen molar-refractivity contribution in [1.29, 1.82) is 0 Å². The Bertz CT molecular complexity index is 468. The molecule has 0 bridgehead atoms. The predicted molar refractivity (Wildman–Crippen MR) is 86.7 cm³/mol. The molecule has 1 aromatic rings. The highest BCUT2D eigenvalue weighted by Gasteiger charge is 2.17. The molecule has 0 radical (unpaired) electrons. The third-order valence-corrected chi connectivity index (χ3v) is 4.36. The van der Waals surface area contributed by atoms with Gasteiger partial charge in [-0.25, -0.2) is 0 Å². The molecule has 1 rings (SSSR count). The fourth-order valence-corrected chi connectivity index (χ4v) is 2.38. The largest absolute Gasteiger partial charge is 0.355 e. The smallest absolute Gasteiger partial charge is 0.224 e. The first-order chi connectivity index (χ1) is 9.90. The maximum atomic E-state index is 12.1. The molecule has 1 atom stereocenters. The van der Waals surface area contributed by atoms with Gasteiger partial charge >= 0.3 is 0 Å². The van der Waals surface area contributed by atoms with E-state index in [9.17, 15) is 4.79 Å². The van der Waals surface area contributed by atoms with E-state index in [1.54, 1.807) is 0 Å². The Labute approximate surface area is 132 Å². The number of likely N-dealkylation sites (N-methyl/N-ethyl adjacent to an activating group) is 1. The van der Waals surface area contributed by atoms with Crippen molar-refractivity contribution in [2.75, 3.05) is 26.2 Å². The Morgan fingerprint density at radius 2 is 2.00 bits per heavy atom. The van der Waals surface area contributed by atoms with E-state index in [0.29, 0.717) is 18.1 Å². The number of hydrogen-bond acceptors (Lipinski definition) is 3. The van der Waals surface area contributed by atoms with Gasteiger partial charge in [-0.15, -0.1) is 0 Å². The number of carbonyl (C=O) groups excluding carboxylic acids is 1. The molecule has 1 aromatic heterocycles. The Morgan fingerprint density at radius 1 is 1.38 bits per heavy atom. The molecule has 1 heterocycles. The van der Waals surface area contributed by atoms with Crippen LogP contribution in [0.15, 0.2) is 0 Å². The van der Waals surface area contributed by atoms with Crippen molar-refractivity contribution in [3.8, 4) is 0 Å². The van der Waals surface area contributed by atoms with E-state index in [2.05, 4.69) is 29.2 Å². The highest BCUT2D eigenvalue weighted by atomic mass is 35.5. The van der Waals surface area contributed by atoms with Gasteiger partial charge in [0.05, 0.1) is 28.9 Å². The van der Waals surface area contributed by atoms with Crippen LogP contribution in [0.1, 0.15) is 32.2 Å². The van der Waals surface area contributed by atoms with Crippen LogP contribution in [0.3, 0.4) is 0 Å². The lowest BCUT2D eigenvalue weighted by atomic mass is 10.1. The van der Waals surface area contributed by atoms with Crippen molar-refractivity contribution in [3.63, 3.8) is 0 Å². The first-order valence-corrected chi connectivity index (χ1v) is 7.98. The van der Waals surface area contributed by atoms with Crippen LogP contribution >= 0.6 is 11.6 Å². The summed E-state index contributed by atoms with van der Waals surface area (Å²) in [5.41, 5.74) is 1.72. The van der Waals surface area contributed by atoms with Crippen LogP contribution in [0.25, 0.3) is 0 Å². The molecule has 120 valence electrons. The summed E-state index contributed by atoms with van der Waals surface area (Å²) >= 11 is 6.12. The van der Waals surface area contributed by atoms with E-state index in [0.717, 1.165) is 31.0 Å². The number of amides is 1. The number of nitrogens with one attached hydrogen (secondary N) is 1. The zero-order valence-electron chi connectivity index (χ0n) is 13.7. The second kappa shape index (κ2) is 8.39. The monoisotopic (exact) mass is 314 g/mol. The quantitative estimate of drug-likeness (QED) is 0.800. The van der Waals surface area contributed by atoms with Gasteiger partial charge < -0.3 is 10.2 Å². The van der Waals surface area contributed by atoms with Crippen LogP contribution in [-0.2, 0) is 11.3 Å². The molecular weight excluding hydrogens is 288 g/mol. The minimum absolute atomic E-state index is 0.0610. The number of hydrogen-bond donors (Lipinski definition) is 1. The normalized spacial score (nSPS) is 12.7. The SMILES string of the molecule is CCN(CC)CCNC(=O)[C@@H](C)Cn1nc(C)c(Cl)c1C. The molecule has 0 saturated heterocycles. The number of nitrogens with zero attached hydrogens (tertiary/aromatic N) is 3. The highest BCUT2D eigenvalue weighted by molar-refractivity contribution is 6.31. The summed E-state index contributed by atoms with van der Waals surface area (Å²) in [5.74, 6) is -0.0680. The number of aryl methyl sites for hydroxylation is 1. The molecule has 0 aliphatic heterocycles. The lowest BCUT2D eigenvalue weighted by molar-refractivity contribution is -0.125. The molecule has 21 heavy (non-hydrogen) atoms. The van der Waals surface area contributed by atoms with Gasteiger partial charge in [0, 0.05) is 13.1 Å². The molecular formula is C15H27ClN4O. The van der Waals surface area contributed by atoms with Crippen LogP contribution in [0.4, 0.5) is 0 Å². The van der Waals surface area contributed by atoms with Crippen LogP contribution in [0.2, 0.25) is 5.02 Å². The topological polar surface area (TPSA) is 50.2 Å². The van der Waals surface area contributed by atoms with E-state index in [1.807, 2.05) is 25.5 Å². The van der Waals surface area contributed by atoms with Gasteiger partial charge in [-0.2, -0.15) is 5.10 Å². The molecule has 0 saturated carbocycles. The van der Waals surface area contributed by atoms with Gasteiger partial charge in [0.2, 0.25) is 5.91 Å². The van der Waals surface area contributed by atoms with Gasteiger partial charge in [-0.1, -0.05) is 32.4 Å². The maximum absolute atomic E-state index is 12.1. The molecule has 1 amide bonds. The molecule has 0 unspecified atom stereocenters. The summed E-state index contributed by atoms with van der Waals surface area (Å²) in [6.07, 6.45) is 0. The average molecular weight is 315 g/mol. The molecule has 1 N–H and O–H groups in total. The summed E-state index contributed by atoms with van der Waals surface area (Å²) in [5, 5.41) is 8.04. The standard InChI is InChI=1S/C15H27ClN4O/c1-6-19(7-2)9-8-17-15(21)11(3)10-20-13(5)14(16)12(4)18-20/h11H,6-10H2,1-5H3,(H,17,21)/t11-/m0/s1. The molecule has 0 fully saturated rings. The third-order valence-electron chi connectivity index (χ3n) is 3.81. The third kappa shape index (κ3) is 5.00. The first-order valence-electron chi connectivity index (χ1n) is 7.60. The Kier molecular flexibility index (Phi) is 7.18. The van der Waals surface area contributed by atoms with Crippen molar-refractivity contribution < 1.29 is 4.79 Å². The molecule has 0 aromatic carbocycles. The van der Waals surface area contributed by atoms with E-state index in [4.69, 9.17) is 11.6 Å². The van der Waals surface area contributed by atoms with Crippen molar-refractivity contribution in [1.82, 2.24) is 20.0 Å². The van der Waals surface area contributed by atoms with Gasteiger partial charge in [0.1, 0.15) is 0 Å². The van der Waals surface area contributed by atoms with Crippen LogP contribution in [0.5, 0.6) is 0 Å². The van der Waals surface area contributed by atoms with Gasteiger partial charge in [0.25, 0.3) is 0 Å². The van der Waals surface area contributed by atoms with Crippen LogP contribution < -0.4 is 5.32 Å². The highest BCUT2D eigenvalue weighted by Crippen LogP contribution is 2.19. The number of rotatable bonds is 8. The number of carbonyl (C=O) groups is 1. The zero-order valence-corrected chi connectivity index (χ0v) is 14.5. The van der Waals surface area contributed by atoms with E-state index < -0.39 is 0 Å². The predicted octanol–water partition coefficient (Wildman–Crippen LogP) is 2.25. The van der Waals surface area contributed by atoms with E-state index >= 15 is 0 Å². The minimum atomic E-state index is -0.129. The van der Waals surface area contributed by atoms with Crippen molar-refractivity contribution in [3.05, 3.63) is 16.4 Å². The van der Waals surface area contributed by atoms with Crippen LogP contribution in [-0.4, -0.2) is 46.8 Å². The summed E-state index contributed by atoms with van der Waals surface area (Å²) < 4.78 is 1.81. The van der Waals surface area contributed by atoms with E-state index in [-0.39, 0.29) is 11.8 Å². The maximum Gasteiger partial charge on any atom is 0.224 e. The zero-order chi connectivity index (χ0) is 16.0. The fourth-order valence-electron chi connectivity index (χ4n) is 2.25. The summed E-state index contributed by atoms with van der Waals surface area (Å²) in [7, 11) is 0. The Balaban J connectivity index is 2.46. The molecule has 6 heteroatoms. The first kappa shape index (κ1) is 18.0. The molecule has 0 aliphatic carbocycles. The second-order valence-electron chi connectivity index (χ2n) is 5.39. The van der Waals surface area contributed by atoms with Crippen molar-refractivity contribution in [2.45, 2.75) is 41.2 Å². The Hall–Kier alpha value is -1.07. The number of halogens is 1. The van der Waals surface area contributed by atoms with Gasteiger partial charge in [0.15, 0.2) is 0 Å². The van der Waals surface area contributed by atoms with E-state index in [1.165, 1.54) is 0 Å². The fraction of sp³-hybridized carbons (Fsp3) is 0.733. The van der Waals surface area contributed by atoms with Crippen LogP contribution in [0, 0.1) is 19.8 Å².